The predicted octanol–water partition coefficient (Wildman–Crippen LogP) is 5.73. The van der Waals surface area contributed by atoms with Crippen molar-refractivity contribution in [3.8, 4) is 5.88 Å². The van der Waals surface area contributed by atoms with Gasteiger partial charge in [0, 0.05) is 11.5 Å². The van der Waals surface area contributed by atoms with E-state index in [0.29, 0.717) is 33.3 Å². The van der Waals surface area contributed by atoms with Gasteiger partial charge < -0.3 is 19.4 Å². The minimum absolute atomic E-state index is 0.146. The number of benzene rings is 2. The lowest BCUT2D eigenvalue weighted by Gasteiger charge is -2.08. The third-order valence-electron chi connectivity index (χ3n) is 4.86. The lowest BCUT2D eigenvalue weighted by atomic mass is 10.2. The molecule has 2 heterocycles. The Hall–Kier alpha value is -3.88. The van der Waals surface area contributed by atoms with Gasteiger partial charge in [-0.25, -0.2) is 0 Å². The van der Waals surface area contributed by atoms with Crippen LogP contribution in [0.1, 0.15) is 11.3 Å². The van der Waals surface area contributed by atoms with Gasteiger partial charge in [-0.1, -0.05) is 47.5 Å². The third kappa shape index (κ3) is 5.36. The lowest BCUT2D eigenvalue weighted by Crippen LogP contribution is -2.26. The highest BCUT2D eigenvalue weighted by atomic mass is 35.5. The Morgan fingerprint density at radius 1 is 1.09 bits per heavy atom. The van der Waals surface area contributed by atoms with E-state index < -0.39 is 11.8 Å². The molecular weight excluding hydrogens is 479 g/mol. The molecule has 2 amide bonds. The van der Waals surface area contributed by atoms with Crippen LogP contribution in [-0.2, 0) is 16.1 Å². The number of carbonyl (C=O) groups excluding carboxylic acids is 2. The van der Waals surface area contributed by atoms with Gasteiger partial charge in [0.2, 0.25) is 11.8 Å². The summed E-state index contributed by atoms with van der Waals surface area (Å²) in [6, 6.07) is 15.8. The van der Waals surface area contributed by atoms with Crippen molar-refractivity contribution in [2.75, 3.05) is 6.54 Å². The number of rotatable bonds is 7. The molecule has 0 spiro atoms. The Morgan fingerprint density at radius 2 is 1.91 bits per heavy atom. The molecular formula is C24H18Cl2N4O4. The molecule has 4 rings (SSSR count). The highest BCUT2D eigenvalue weighted by Crippen LogP contribution is 2.39. The van der Waals surface area contributed by atoms with Gasteiger partial charge >= 0.3 is 0 Å². The van der Waals surface area contributed by atoms with Crippen LogP contribution in [-0.4, -0.2) is 28.0 Å². The van der Waals surface area contributed by atoms with Crippen molar-refractivity contribution in [1.82, 2.24) is 9.88 Å². The standard InChI is InChI=1S/C24H18Cl2N4O4/c25-18-9-7-15(12-19(18)26)14-30-20-6-2-1-5-17(20)23(24(30)33)29-28-22(32)13-27-21(31)10-8-16-4-3-11-34-16/h1-12,33H,13-14H2,(H,27,31). The van der Waals surface area contributed by atoms with Crippen molar-refractivity contribution in [3.63, 3.8) is 0 Å². The summed E-state index contributed by atoms with van der Waals surface area (Å²) < 4.78 is 6.72. The Labute approximate surface area is 204 Å². The lowest BCUT2D eigenvalue weighted by molar-refractivity contribution is -0.122. The maximum absolute atomic E-state index is 12.1. The quantitative estimate of drug-likeness (QED) is 0.251. The van der Waals surface area contributed by atoms with Crippen LogP contribution in [0.15, 0.2) is 81.6 Å². The number of amides is 2. The second kappa shape index (κ2) is 10.4. The number of hydrogen-bond donors (Lipinski definition) is 2. The molecule has 0 aliphatic heterocycles. The zero-order chi connectivity index (χ0) is 24.1. The number of nitrogens with one attached hydrogen (secondary N) is 1. The number of halogens is 2. The molecule has 0 radical (unpaired) electrons. The van der Waals surface area contributed by atoms with E-state index in [4.69, 9.17) is 27.6 Å². The second-order valence-corrected chi connectivity index (χ2v) is 8.00. The number of furan rings is 1. The fourth-order valence-corrected chi connectivity index (χ4v) is 3.58. The van der Waals surface area contributed by atoms with Crippen molar-refractivity contribution in [1.29, 1.82) is 0 Å². The van der Waals surface area contributed by atoms with Crippen molar-refractivity contribution in [2.45, 2.75) is 6.54 Å². The minimum atomic E-state index is -0.680. The van der Waals surface area contributed by atoms with E-state index in [1.807, 2.05) is 12.1 Å². The molecule has 0 saturated carbocycles. The fourth-order valence-electron chi connectivity index (χ4n) is 3.26. The molecule has 8 nitrogen and oxygen atoms in total. The second-order valence-electron chi connectivity index (χ2n) is 7.18. The Balaban J connectivity index is 1.49. The summed E-state index contributed by atoms with van der Waals surface area (Å²) in [5.41, 5.74) is 1.66. The van der Waals surface area contributed by atoms with Gasteiger partial charge in [-0.15, -0.1) is 10.2 Å². The van der Waals surface area contributed by atoms with Crippen LogP contribution in [0.5, 0.6) is 5.88 Å². The number of azo groups is 1. The van der Waals surface area contributed by atoms with Gasteiger partial charge in [0.1, 0.15) is 12.3 Å². The van der Waals surface area contributed by atoms with E-state index in [0.717, 1.165) is 5.56 Å². The van der Waals surface area contributed by atoms with Crippen LogP contribution in [0.2, 0.25) is 10.0 Å². The Kier molecular flexibility index (Phi) is 7.10. The summed E-state index contributed by atoms with van der Waals surface area (Å²) >= 11 is 12.1. The molecule has 172 valence electrons. The summed E-state index contributed by atoms with van der Waals surface area (Å²) in [5.74, 6) is -0.815. The van der Waals surface area contributed by atoms with E-state index in [1.165, 1.54) is 18.4 Å². The number of para-hydroxylation sites is 1. The summed E-state index contributed by atoms with van der Waals surface area (Å²) in [7, 11) is 0. The zero-order valence-corrected chi connectivity index (χ0v) is 19.1. The molecule has 0 aliphatic carbocycles. The molecule has 0 atom stereocenters. The molecule has 0 fully saturated rings. The van der Waals surface area contributed by atoms with Crippen LogP contribution in [0.25, 0.3) is 17.0 Å². The molecule has 34 heavy (non-hydrogen) atoms. The van der Waals surface area contributed by atoms with Gasteiger partial charge in [-0.2, -0.15) is 0 Å². The first-order chi connectivity index (χ1) is 16.4. The normalized spacial score (nSPS) is 11.6. The van der Waals surface area contributed by atoms with Gasteiger partial charge in [-0.05, 0) is 42.0 Å². The van der Waals surface area contributed by atoms with Crippen molar-refractivity contribution >= 4 is 57.7 Å². The number of carbonyl (C=O) groups is 2. The average molecular weight is 497 g/mol. The first kappa shape index (κ1) is 23.3. The molecule has 0 unspecified atom stereocenters. The Bertz CT molecular complexity index is 1410. The molecule has 2 aromatic heterocycles. The fraction of sp³-hybridized carbons (Fsp3) is 0.0833. The van der Waals surface area contributed by atoms with Gasteiger partial charge in [-0.3, -0.25) is 9.59 Å². The number of hydrogen-bond acceptors (Lipinski definition) is 5. The van der Waals surface area contributed by atoms with E-state index >= 15 is 0 Å². The molecule has 0 bridgehead atoms. The largest absolute Gasteiger partial charge is 0.493 e. The summed E-state index contributed by atoms with van der Waals surface area (Å²) in [4.78, 5) is 24.0. The SMILES string of the molecule is O=C(CNC(=O)C=Cc1ccco1)N=Nc1c(O)n(Cc2ccc(Cl)c(Cl)c2)c2ccccc12. The van der Waals surface area contributed by atoms with Gasteiger partial charge in [0.25, 0.3) is 5.91 Å². The minimum Gasteiger partial charge on any atom is -0.493 e. The maximum Gasteiger partial charge on any atom is 0.283 e. The van der Waals surface area contributed by atoms with Gasteiger partial charge in [0.15, 0.2) is 5.69 Å². The highest BCUT2D eigenvalue weighted by Gasteiger charge is 2.17. The van der Waals surface area contributed by atoms with Crippen molar-refractivity contribution in [3.05, 3.63) is 88.3 Å². The average Bonchev–Trinajstić information content (AvgIpc) is 3.44. The molecule has 0 saturated heterocycles. The summed E-state index contributed by atoms with van der Waals surface area (Å²) in [6.45, 7) is -0.0573. The number of aromatic nitrogens is 1. The van der Waals surface area contributed by atoms with Crippen LogP contribution < -0.4 is 5.32 Å². The first-order valence-electron chi connectivity index (χ1n) is 10.1. The number of fused-ring (bicyclic) bond motifs is 1. The zero-order valence-electron chi connectivity index (χ0n) is 17.6. The van der Waals surface area contributed by atoms with Crippen LogP contribution >= 0.6 is 23.2 Å². The molecule has 2 aromatic carbocycles. The van der Waals surface area contributed by atoms with E-state index in [2.05, 4.69) is 15.5 Å². The molecule has 2 N–H and O–H groups in total. The van der Waals surface area contributed by atoms with E-state index in [1.54, 1.807) is 47.0 Å². The third-order valence-corrected chi connectivity index (χ3v) is 5.60. The maximum atomic E-state index is 12.1. The smallest absolute Gasteiger partial charge is 0.283 e. The topological polar surface area (TPSA) is 109 Å². The summed E-state index contributed by atoms with van der Waals surface area (Å²) in [6.07, 6.45) is 4.20. The predicted molar refractivity (Wildman–Crippen MR) is 129 cm³/mol. The highest BCUT2D eigenvalue weighted by molar-refractivity contribution is 6.42. The monoisotopic (exact) mass is 496 g/mol. The van der Waals surface area contributed by atoms with Crippen molar-refractivity contribution in [2.24, 2.45) is 10.2 Å². The van der Waals surface area contributed by atoms with Crippen LogP contribution in [0, 0.1) is 0 Å². The molecule has 4 aromatic rings. The van der Waals surface area contributed by atoms with E-state index in [9.17, 15) is 14.7 Å². The van der Waals surface area contributed by atoms with Gasteiger partial charge in [0.05, 0.1) is 28.4 Å². The van der Waals surface area contributed by atoms with Crippen LogP contribution in [0.3, 0.4) is 0 Å². The number of nitrogens with zero attached hydrogens (tertiary/aromatic N) is 3. The number of aromatic hydroxyl groups is 1. The van der Waals surface area contributed by atoms with Crippen molar-refractivity contribution < 1.29 is 19.1 Å². The first-order valence-corrected chi connectivity index (χ1v) is 10.9. The van der Waals surface area contributed by atoms with Crippen LogP contribution in [0.4, 0.5) is 5.69 Å². The molecule has 10 heteroatoms. The molecule has 0 aliphatic rings. The Morgan fingerprint density at radius 3 is 2.68 bits per heavy atom. The summed E-state index contributed by atoms with van der Waals surface area (Å²) in [5, 5.41) is 22.3. The van der Waals surface area contributed by atoms with E-state index in [-0.39, 0.29) is 18.1 Å².